The number of hydrogen-bond donors (Lipinski definition) is 2. The number of carbonyl (C=O) groups excluding carboxylic acids is 3. The summed E-state index contributed by atoms with van der Waals surface area (Å²) in [5, 5.41) is 17.1. The average Bonchev–Trinajstić information content (AvgIpc) is 3.31. The van der Waals surface area contributed by atoms with E-state index in [0.717, 1.165) is 33.3 Å². The number of anilines is 1. The number of rotatable bonds is 6. The minimum atomic E-state index is -0.689. The molecule has 3 amide bonds. The maximum atomic E-state index is 12.8. The third-order valence-electron chi connectivity index (χ3n) is 7.24. The topological polar surface area (TPSA) is 124 Å². The second-order valence-corrected chi connectivity index (χ2v) is 9.55. The molecule has 2 aromatic carbocycles. The van der Waals surface area contributed by atoms with Gasteiger partial charge in [-0.15, -0.1) is 5.06 Å². The number of imide groups is 1. The molecule has 0 bridgehead atoms. The molecular weight excluding hydrogens is 486 g/mol. The van der Waals surface area contributed by atoms with E-state index in [0.29, 0.717) is 37.7 Å². The lowest BCUT2D eigenvalue weighted by Crippen LogP contribution is -2.52. The van der Waals surface area contributed by atoms with Crippen LogP contribution in [0.2, 0.25) is 0 Å². The van der Waals surface area contributed by atoms with Crippen molar-refractivity contribution in [1.82, 2.24) is 24.6 Å². The van der Waals surface area contributed by atoms with E-state index in [1.54, 1.807) is 0 Å². The van der Waals surface area contributed by atoms with Crippen molar-refractivity contribution in [3.05, 3.63) is 59.3 Å². The van der Waals surface area contributed by atoms with Gasteiger partial charge >= 0.3 is 6.09 Å². The van der Waals surface area contributed by atoms with Gasteiger partial charge in [-0.3, -0.25) is 19.2 Å². The predicted octanol–water partition coefficient (Wildman–Crippen LogP) is 2.91. The van der Waals surface area contributed by atoms with Crippen LogP contribution in [-0.2, 0) is 21.5 Å². The van der Waals surface area contributed by atoms with E-state index < -0.39 is 17.9 Å². The number of benzene rings is 2. The predicted molar refractivity (Wildman–Crippen MR) is 142 cm³/mol. The second kappa shape index (κ2) is 10.6. The Hall–Kier alpha value is -4.25. The Labute approximate surface area is 220 Å². The number of hydroxylamine groups is 2. The highest BCUT2D eigenvalue weighted by Gasteiger charge is 2.34. The zero-order chi connectivity index (χ0) is 26.8. The van der Waals surface area contributed by atoms with Crippen molar-refractivity contribution in [2.24, 2.45) is 7.05 Å². The van der Waals surface area contributed by atoms with Crippen LogP contribution < -0.4 is 5.32 Å². The molecule has 5 rings (SSSR count). The molecule has 0 saturated carbocycles. The molecule has 3 heterocycles. The van der Waals surface area contributed by atoms with Gasteiger partial charge in [0.25, 0.3) is 11.8 Å². The molecule has 1 atom stereocenters. The van der Waals surface area contributed by atoms with E-state index in [2.05, 4.69) is 39.6 Å². The third-order valence-corrected chi connectivity index (χ3v) is 7.24. The summed E-state index contributed by atoms with van der Waals surface area (Å²) >= 11 is 0. The Morgan fingerprint density at radius 3 is 2.42 bits per heavy atom. The fourth-order valence-electron chi connectivity index (χ4n) is 5.20. The monoisotopic (exact) mass is 517 g/mol. The van der Waals surface area contributed by atoms with Crippen molar-refractivity contribution in [2.45, 2.75) is 25.3 Å². The summed E-state index contributed by atoms with van der Waals surface area (Å²) in [6, 6.07) is 12.2. The van der Waals surface area contributed by atoms with Crippen LogP contribution in [0.3, 0.4) is 0 Å². The number of aromatic nitrogens is 2. The van der Waals surface area contributed by atoms with Crippen molar-refractivity contribution < 1.29 is 19.2 Å². The molecular formula is C27H31N7O4. The number of carbonyl (C=O) groups is 3. The molecule has 38 heavy (non-hydrogen) atoms. The molecule has 11 heteroatoms. The second-order valence-electron chi connectivity index (χ2n) is 9.55. The minimum absolute atomic E-state index is 0.118. The van der Waals surface area contributed by atoms with Crippen molar-refractivity contribution in [2.75, 3.05) is 38.5 Å². The van der Waals surface area contributed by atoms with Gasteiger partial charge in [0.1, 0.15) is 0 Å². The number of piperidine rings is 1. The molecule has 198 valence electrons. The molecule has 1 aromatic heterocycles. The molecule has 2 saturated heterocycles. The van der Waals surface area contributed by atoms with Crippen LogP contribution in [0.1, 0.15) is 42.0 Å². The zero-order valence-corrected chi connectivity index (χ0v) is 21.5. The molecule has 0 radical (unpaired) electrons. The molecule has 2 aliphatic rings. The van der Waals surface area contributed by atoms with E-state index >= 15 is 0 Å². The third kappa shape index (κ3) is 4.84. The van der Waals surface area contributed by atoms with Crippen LogP contribution in [0.5, 0.6) is 0 Å². The van der Waals surface area contributed by atoms with Gasteiger partial charge in [0.2, 0.25) is 0 Å². The fourth-order valence-corrected chi connectivity index (χ4v) is 5.20. The lowest BCUT2D eigenvalue weighted by atomic mass is 9.93. The molecule has 11 nitrogen and oxygen atoms in total. The Morgan fingerprint density at radius 1 is 1.05 bits per heavy atom. The maximum absolute atomic E-state index is 12.8. The minimum Gasteiger partial charge on any atom is -0.388 e. The normalized spacial score (nSPS) is 17.5. The van der Waals surface area contributed by atoms with Gasteiger partial charge in [0.05, 0.1) is 17.8 Å². The van der Waals surface area contributed by atoms with Crippen molar-refractivity contribution >= 4 is 40.7 Å². The van der Waals surface area contributed by atoms with Crippen LogP contribution in [0.15, 0.2) is 42.6 Å². The molecule has 0 spiro atoms. The van der Waals surface area contributed by atoms with Gasteiger partial charge in [-0.05, 0) is 41.8 Å². The molecule has 0 aliphatic carbocycles. The number of nitrogens with zero attached hydrogens (tertiary/aromatic N) is 5. The van der Waals surface area contributed by atoms with Crippen molar-refractivity contribution in [1.29, 1.82) is 5.41 Å². The highest BCUT2D eigenvalue weighted by atomic mass is 16.7. The number of hydrogen-bond acceptors (Lipinski definition) is 8. The SMILES string of the molecule is CNc1ccc(C(c2ccc3c(cnn3C)c2)N2CCN(C(=O)ON3C(=O)CCCC3=O)CC2)cc1C=N. The highest BCUT2D eigenvalue weighted by Crippen LogP contribution is 2.33. The van der Waals surface area contributed by atoms with Crippen LogP contribution in [0, 0.1) is 5.41 Å². The highest BCUT2D eigenvalue weighted by molar-refractivity contribution is 5.97. The first-order chi connectivity index (χ1) is 18.4. The summed E-state index contributed by atoms with van der Waals surface area (Å²) in [6.07, 6.45) is 3.37. The lowest BCUT2D eigenvalue weighted by molar-refractivity contribution is -0.185. The Kier molecular flexibility index (Phi) is 7.10. The Balaban J connectivity index is 1.39. The van der Waals surface area contributed by atoms with Crippen LogP contribution >= 0.6 is 0 Å². The summed E-state index contributed by atoms with van der Waals surface area (Å²) in [6.45, 7) is 1.88. The van der Waals surface area contributed by atoms with E-state index in [1.165, 1.54) is 11.1 Å². The number of aryl methyl sites for hydroxylation is 1. The molecule has 2 fully saturated rings. The van der Waals surface area contributed by atoms with Gasteiger partial charge in [0, 0.05) is 76.0 Å². The van der Waals surface area contributed by atoms with Gasteiger partial charge in [-0.1, -0.05) is 12.1 Å². The number of piperazine rings is 1. The number of fused-ring (bicyclic) bond motifs is 1. The summed E-state index contributed by atoms with van der Waals surface area (Å²) in [4.78, 5) is 45.9. The van der Waals surface area contributed by atoms with E-state index in [-0.39, 0.29) is 18.9 Å². The summed E-state index contributed by atoms with van der Waals surface area (Å²) in [7, 11) is 3.74. The van der Waals surface area contributed by atoms with E-state index in [4.69, 9.17) is 10.2 Å². The first kappa shape index (κ1) is 25.4. The molecule has 3 aromatic rings. The van der Waals surface area contributed by atoms with Crippen molar-refractivity contribution in [3.8, 4) is 0 Å². The number of amides is 3. The molecule has 2 aliphatic heterocycles. The Bertz CT molecular complexity index is 1380. The molecule has 1 unspecified atom stereocenters. The van der Waals surface area contributed by atoms with Crippen LogP contribution in [-0.4, -0.2) is 82.0 Å². The first-order valence-electron chi connectivity index (χ1n) is 12.7. The van der Waals surface area contributed by atoms with Crippen LogP contribution in [0.4, 0.5) is 10.5 Å². The quantitative estimate of drug-likeness (QED) is 0.381. The maximum Gasteiger partial charge on any atom is 0.434 e. The van der Waals surface area contributed by atoms with Gasteiger partial charge in [-0.25, -0.2) is 4.79 Å². The zero-order valence-electron chi connectivity index (χ0n) is 21.5. The largest absolute Gasteiger partial charge is 0.434 e. The standard InChI is InChI=1S/C27H31N7O4/c1-29-22-8-6-18(14-20(22)16-28)26(19-7-9-23-21(15-19)17-30-31(23)2)32-10-12-33(13-11-32)27(37)38-34-24(35)4-3-5-25(34)36/h6-9,14-17,26,28-29H,3-5,10-13H2,1-2H3. The van der Waals surface area contributed by atoms with E-state index in [1.807, 2.05) is 37.1 Å². The van der Waals surface area contributed by atoms with Crippen LogP contribution in [0.25, 0.3) is 10.9 Å². The van der Waals surface area contributed by atoms with Gasteiger partial charge < -0.3 is 20.5 Å². The van der Waals surface area contributed by atoms with Gasteiger partial charge in [0.15, 0.2) is 0 Å². The fraction of sp³-hybridized carbons (Fsp3) is 0.370. The summed E-state index contributed by atoms with van der Waals surface area (Å²) in [5.41, 5.74) is 4.81. The lowest BCUT2D eigenvalue weighted by Gasteiger charge is -2.39. The average molecular weight is 518 g/mol. The number of nitrogens with one attached hydrogen (secondary N) is 2. The summed E-state index contributed by atoms with van der Waals surface area (Å²) < 4.78 is 1.84. The van der Waals surface area contributed by atoms with E-state index in [9.17, 15) is 14.4 Å². The molecule has 2 N–H and O–H groups in total. The van der Waals surface area contributed by atoms with Crippen molar-refractivity contribution in [3.63, 3.8) is 0 Å². The van der Waals surface area contributed by atoms with Gasteiger partial charge in [-0.2, -0.15) is 5.10 Å². The smallest absolute Gasteiger partial charge is 0.388 e. The summed E-state index contributed by atoms with van der Waals surface area (Å²) in [5.74, 6) is -0.961. The Morgan fingerprint density at radius 2 is 1.74 bits per heavy atom. The first-order valence-corrected chi connectivity index (χ1v) is 12.7.